The normalized spacial score (nSPS) is 10.4. The van der Waals surface area contributed by atoms with Gasteiger partial charge in [0.1, 0.15) is 5.75 Å². The summed E-state index contributed by atoms with van der Waals surface area (Å²) >= 11 is 0. The summed E-state index contributed by atoms with van der Waals surface area (Å²) in [6.45, 7) is 0. The number of nitrogens with one attached hydrogen (secondary N) is 2. The van der Waals surface area contributed by atoms with Crippen molar-refractivity contribution in [2.45, 2.75) is 0 Å². The highest BCUT2D eigenvalue weighted by molar-refractivity contribution is 5.94. The smallest absolute Gasteiger partial charge is 0.361 e. The van der Waals surface area contributed by atoms with E-state index in [2.05, 4.69) is 16.0 Å². The molecule has 0 aromatic heterocycles. The number of hydrazine groups is 1. The number of hydrogen-bond donors (Lipinski definition) is 2. The van der Waals surface area contributed by atoms with Gasteiger partial charge >= 0.3 is 6.03 Å². The van der Waals surface area contributed by atoms with E-state index in [0.29, 0.717) is 5.69 Å². The van der Waals surface area contributed by atoms with E-state index >= 15 is 0 Å². The van der Waals surface area contributed by atoms with Crippen LogP contribution in [0.5, 0.6) is 5.75 Å². The van der Waals surface area contributed by atoms with E-state index in [0.717, 1.165) is 17.0 Å². The summed E-state index contributed by atoms with van der Waals surface area (Å²) in [5.74, 6) is 0.741. The summed E-state index contributed by atoms with van der Waals surface area (Å²) in [5.41, 5.74) is 7.80. The van der Waals surface area contributed by atoms with E-state index in [1.54, 1.807) is 37.6 Å². The first-order chi connectivity index (χ1) is 13.3. The molecule has 6 nitrogen and oxygen atoms in total. The zero-order valence-corrected chi connectivity index (χ0v) is 14.9. The lowest BCUT2D eigenvalue weighted by Crippen LogP contribution is -2.40. The van der Waals surface area contributed by atoms with Crippen molar-refractivity contribution in [3.05, 3.63) is 90.5 Å². The molecule has 0 saturated heterocycles. The van der Waals surface area contributed by atoms with Gasteiger partial charge in [-0.05, 0) is 42.0 Å². The molecule has 6 heteroatoms. The Labute approximate surface area is 158 Å². The fourth-order valence-corrected chi connectivity index (χ4v) is 2.32. The number of rotatable bonds is 6. The van der Waals surface area contributed by atoms with Gasteiger partial charge in [-0.3, -0.25) is 5.43 Å². The molecule has 3 rings (SSSR count). The van der Waals surface area contributed by atoms with Crippen LogP contribution in [0.25, 0.3) is 0 Å². The number of carbonyl (C=O) groups is 1. The van der Waals surface area contributed by atoms with Crippen molar-refractivity contribution in [1.29, 1.82) is 0 Å². The van der Waals surface area contributed by atoms with Gasteiger partial charge in [0.25, 0.3) is 0 Å². The molecular formula is C21H20N4O2. The minimum Gasteiger partial charge on any atom is -0.497 e. The first kappa shape index (κ1) is 18.0. The van der Waals surface area contributed by atoms with Crippen LogP contribution in [0.15, 0.2) is 90.0 Å². The summed E-state index contributed by atoms with van der Waals surface area (Å²) in [6.07, 6.45) is 1.64. The lowest BCUT2D eigenvalue weighted by molar-refractivity contribution is 0.248. The van der Waals surface area contributed by atoms with Crippen molar-refractivity contribution >= 4 is 23.6 Å². The fourth-order valence-electron chi connectivity index (χ4n) is 2.32. The molecule has 2 amide bonds. The van der Waals surface area contributed by atoms with Crippen LogP contribution < -0.4 is 20.6 Å². The van der Waals surface area contributed by atoms with E-state index in [4.69, 9.17) is 4.74 Å². The monoisotopic (exact) mass is 360 g/mol. The van der Waals surface area contributed by atoms with Crippen molar-refractivity contribution in [2.24, 2.45) is 5.10 Å². The molecule has 0 unspecified atom stereocenters. The van der Waals surface area contributed by atoms with Crippen molar-refractivity contribution in [3.63, 3.8) is 0 Å². The molecule has 0 aliphatic heterocycles. The van der Waals surface area contributed by atoms with Gasteiger partial charge in [0.2, 0.25) is 0 Å². The molecule has 0 bridgehead atoms. The average Bonchev–Trinajstić information content (AvgIpc) is 2.74. The van der Waals surface area contributed by atoms with Crippen molar-refractivity contribution in [1.82, 2.24) is 5.43 Å². The molecule has 0 saturated carbocycles. The molecule has 0 aliphatic rings. The maximum Gasteiger partial charge on any atom is 0.361 e. The molecular weight excluding hydrogens is 340 g/mol. The highest BCUT2D eigenvalue weighted by Crippen LogP contribution is 2.16. The van der Waals surface area contributed by atoms with Gasteiger partial charge in [-0.15, -0.1) is 0 Å². The molecule has 0 aliphatic carbocycles. The predicted molar refractivity (Wildman–Crippen MR) is 108 cm³/mol. The van der Waals surface area contributed by atoms with Crippen molar-refractivity contribution < 1.29 is 9.53 Å². The molecule has 136 valence electrons. The number of nitrogens with zero attached hydrogens (tertiary/aromatic N) is 2. The Hall–Kier alpha value is -3.80. The third-order valence-corrected chi connectivity index (χ3v) is 3.72. The summed E-state index contributed by atoms with van der Waals surface area (Å²) in [7, 11) is 1.60. The van der Waals surface area contributed by atoms with Crippen LogP contribution in [0.2, 0.25) is 0 Å². The second-order valence-electron chi connectivity index (χ2n) is 5.59. The number of ether oxygens (including phenoxy) is 1. The van der Waals surface area contributed by atoms with Gasteiger partial charge in [0.15, 0.2) is 0 Å². The Morgan fingerprint density at radius 2 is 1.56 bits per heavy atom. The van der Waals surface area contributed by atoms with Crippen LogP contribution in [-0.2, 0) is 0 Å². The van der Waals surface area contributed by atoms with Gasteiger partial charge in [0, 0.05) is 0 Å². The third-order valence-electron chi connectivity index (χ3n) is 3.72. The van der Waals surface area contributed by atoms with Gasteiger partial charge < -0.3 is 4.74 Å². The summed E-state index contributed by atoms with van der Waals surface area (Å²) in [5, 5.41) is 5.64. The first-order valence-electron chi connectivity index (χ1n) is 8.40. The zero-order valence-electron chi connectivity index (χ0n) is 14.9. The average molecular weight is 360 g/mol. The van der Waals surface area contributed by atoms with E-state index in [1.807, 2.05) is 60.7 Å². The summed E-state index contributed by atoms with van der Waals surface area (Å²) in [6, 6.07) is 25.6. The summed E-state index contributed by atoms with van der Waals surface area (Å²) in [4.78, 5) is 12.7. The molecule has 2 N–H and O–H groups in total. The van der Waals surface area contributed by atoms with E-state index in [1.165, 1.54) is 5.01 Å². The largest absolute Gasteiger partial charge is 0.497 e. The predicted octanol–water partition coefficient (Wildman–Crippen LogP) is 4.27. The fraction of sp³-hybridized carbons (Fsp3) is 0.0476. The third kappa shape index (κ3) is 5.09. The van der Waals surface area contributed by atoms with Crippen LogP contribution in [0, 0.1) is 0 Å². The lowest BCUT2D eigenvalue weighted by Gasteiger charge is -2.18. The standard InChI is InChI=1S/C21H20N4O2/c1-27-20-14-12-18(13-15-20)23-24-21(26)25(19-10-6-3-7-11-19)22-16-17-8-4-2-5-9-17/h2-16,23H,1H3,(H,24,26)/b22-16+. The van der Waals surface area contributed by atoms with Gasteiger partial charge in [0.05, 0.1) is 24.7 Å². The van der Waals surface area contributed by atoms with Crippen LogP contribution >= 0.6 is 0 Å². The molecule has 0 spiro atoms. The minimum absolute atomic E-state index is 0.413. The van der Waals surface area contributed by atoms with Crippen LogP contribution in [0.1, 0.15) is 5.56 Å². The van der Waals surface area contributed by atoms with Gasteiger partial charge in [-0.25, -0.2) is 10.2 Å². The topological polar surface area (TPSA) is 66.0 Å². The van der Waals surface area contributed by atoms with E-state index < -0.39 is 6.03 Å². The summed E-state index contributed by atoms with van der Waals surface area (Å²) < 4.78 is 5.12. The molecule has 3 aromatic rings. The number of urea groups is 1. The molecule has 0 atom stereocenters. The number of carbonyl (C=O) groups excluding carboxylic acids is 1. The highest BCUT2D eigenvalue weighted by atomic mass is 16.5. The Balaban J connectivity index is 1.73. The van der Waals surface area contributed by atoms with E-state index in [9.17, 15) is 4.79 Å². The Morgan fingerprint density at radius 1 is 0.926 bits per heavy atom. The molecule has 27 heavy (non-hydrogen) atoms. The number of anilines is 2. The number of methoxy groups -OCH3 is 1. The number of amides is 2. The van der Waals surface area contributed by atoms with Gasteiger partial charge in [-0.1, -0.05) is 48.5 Å². The van der Waals surface area contributed by atoms with Crippen LogP contribution in [-0.4, -0.2) is 19.4 Å². The maximum atomic E-state index is 12.7. The number of hydrazone groups is 1. The Kier molecular flexibility index (Phi) is 6.04. The molecule has 0 radical (unpaired) electrons. The Bertz CT molecular complexity index is 881. The SMILES string of the molecule is COc1ccc(NNC(=O)N(/N=C/c2ccccc2)c2ccccc2)cc1. The highest BCUT2D eigenvalue weighted by Gasteiger charge is 2.14. The number of para-hydroxylation sites is 1. The van der Waals surface area contributed by atoms with Crippen LogP contribution in [0.4, 0.5) is 16.2 Å². The zero-order chi connectivity index (χ0) is 18.9. The second-order valence-corrected chi connectivity index (χ2v) is 5.59. The Morgan fingerprint density at radius 3 is 2.19 bits per heavy atom. The van der Waals surface area contributed by atoms with Crippen molar-refractivity contribution in [3.8, 4) is 5.75 Å². The van der Waals surface area contributed by atoms with Crippen molar-refractivity contribution in [2.75, 3.05) is 17.5 Å². The molecule has 3 aromatic carbocycles. The van der Waals surface area contributed by atoms with Crippen LogP contribution in [0.3, 0.4) is 0 Å². The lowest BCUT2D eigenvalue weighted by atomic mass is 10.2. The number of hydrogen-bond acceptors (Lipinski definition) is 4. The number of benzene rings is 3. The van der Waals surface area contributed by atoms with Gasteiger partial charge in [-0.2, -0.15) is 10.1 Å². The second kappa shape index (κ2) is 9.05. The first-order valence-corrected chi connectivity index (χ1v) is 8.40. The van der Waals surface area contributed by atoms with E-state index in [-0.39, 0.29) is 0 Å². The molecule has 0 fully saturated rings. The quantitative estimate of drug-likeness (QED) is 0.509. The maximum absolute atomic E-state index is 12.7. The minimum atomic E-state index is -0.413. The molecule has 0 heterocycles.